The van der Waals surface area contributed by atoms with Crippen LogP contribution < -0.4 is 16.0 Å². The van der Waals surface area contributed by atoms with Crippen LogP contribution >= 0.6 is 0 Å². The molecule has 4 atom stereocenters. The first kappa shape index (κ1) is 36.8. The van der Waals surface area contributed by atoms with Crippen LogP contribution in [0.1, 0.15) is 23.1 Å². The van der Waals surface area contributed by atoms with Gasteiger partial charge < -0.3 is 35.4 Å². The van der Waals surface area contributed by atoms with Gasteiger partial charge in [-0.2, -0.15) is 0 Å². The number of benzene rings is 3. The maximum Gasteiger partial charge on any atom is 0.408 e. The van der Waals surface area contributed by atoms with Gasteiger partial charge in [-0.25, -0.2) is 18.0 Å². The van der Waals surface area contributed by atoms with Crippen LogP contribution in [0.4, 0.5) is 4.79 Å². The number of esters is 1. The number of hydrogen-bond acceptors (Lipinski definition) is 9. The summed E-state index contributed by atoms with van der Waals surface area (Å²) in [4.78, 5) is 72.6. The number of Topliss-reactive ketones (excluding diaryl/α,β-unsaturated/α-hetero) is 1. The highest BCUT2D eigenvalue weighted by Crippen LogP contribution is 2.23. The first-order valence-electron chi connectivity index (χ1n) is 17.0. The topological polar surface area (TPSA) is 206 Å². The third-order valence-electron chi connectivity index (χ3n) is 9.21. The van der Waals surface area contributed by atoms with Gasteiger partial charge in [0.25, 0.3) is 0 Å². The van der Waals surface area contributed by atoms with E-state index in [1.54, 1.807) is 36.7 Å². The molecule has 2 aromatic heterocycles. The molecule has 1 fully saturated rings. The lowest BCUT2D eigenvalue weighted by atomic mass is 9.95. The third kappa shape index (κ3) is 9.10. The van der Waals surface area contributed by atoms with Gasteiger partial charge >= 0.3 is 12.1 Å². The quantitative estimate of drug-likeness (QED) is 0.112. The van der Waals surface area contributed by atoms with Crippen molar-refractivity contribution in [3.63, 3.8) is 0 Å². The van der Waals surface area contributed by atoms with Crippen LogP contribution in [0.15, 0.2) is 91.3 Å². The van der Waals surface area contributed by atoms with Crippen molar-refractivity contribution in [1.82, 2.24) is 25.9 Å². The molecule has 6 rings (SSSR count). The lowest BCUT2D eigenvalue weighted by molar-refractivity contribution is -0.145. The van der Waals surface area contributed by atoms with Crippen molar-refractivity contribution in [2.45, 2.75) is 44.0 Å². The van der Waals surface area contributed by atoms with Crippen molar-refractivity contribution < 1.29 is 41.9 Å². The first-order valence-corrected chi connectivity index (χ1v) is 18.8. The lowest BCUT2D eigenvalue weighted by Crippen LogP contribution is -2.58. The third-order valence-corrected chi connectivity index (χ3v) is 11.0. The number of aromatic amines is 2. The number of hydrogen-bond donors (Lipinski definition) is 5. The Balaban J connectivity index is 1.15. The summed E-state index contributed by atoms with van der Waals surface area (Å²) in [6, 6.07) is 19.9. The van der Waals surface area contributed by atoms with Crippen LogP contribution in [0.3, 0.4) is 0 Å². The highest BCUT2D eigenvalue weighted by molar-refractivity contribution is 7.91. The number of H-pyrrole nitrogens is 2. The molecule has 0 spiro atoms. The molecule has 15 heteroatoms. The summed E-state index contributed by atoms with van der Waals surface area (Å²) in [5.41, 5.74) is 3.80. The second-order valence-corrected chi connectivity index (χ2v) is 15.1. The maximum absolute atomic E-state index is 13.8. The van der Waals surface area contributed by atoms with E-state index in [0.29, 0.717) is 5.56 Å². The van der Waals surface area contributed by atoms with Crippen LogP contribution in [0.2, 0.25) is 0 Å². The Hall–Kier alpha value is -5.96. The number of para-hydroxylation sites is 2. The molecule has 3 amide bonds. The second-order valence-electron chi connectivity index (χ2n) is 13.0. The summed E-state index contributed by atoms with van der Waals surface area (Å²) >= 11 is 0. The minimum Gasteiger partial charge on any atom is -0.467 e. The van der Waals surface area contributed by atoms with E-state index in [0.717, 1.165) is 32.9 Å². The molecule has 1 aliphatic heterocycles. The number of carbonyl (C=O) groups excluding carboxylic acids is 5. The zero-order valence-electron chi connectivity index (χ0n) is 28.8. The number of fused-ring (bicyclic) bond motifs is 2. The summed E-state index contributed by atoms with van der Waals surface area (Å²) in [5.74, 6) is -5.52. The fourth-order valence-electron chi connectivity index (χ4n) is 6.59. The second kappa shape index (κ2) is 16.2. The molecule has 0 unspecified atom stereocenters. The van der Waals surface area contributed by atoms with Crippen molar-refractivity contribution in [3.05, 3.63) is 108 Å². The van der Waals surface area contributed by atoms with E-state index < -0.39 is 81.5 Å². The zero-order chi connectivity index (χ0) is 37.5. The molecule has 53 heavy (non-hydrogen) atoms. The Morgan fingerprint density at radius 1 is 0.792 bits per heavy atom. The summed E-state index contributed by atoms with van der Waals surface area (Å²) in [7, 11) is -2.73. The van der Waals surface area contributed by atoms with Gasteiger partial charge in [-0.1, -0.05) is 66.7 Å². The number of methoxy groups -OCH3 is 1. The monoisotopic (exact) mass is 741 g/mol. The van der Waals surface area contributed by atoms with Crippen LogP contribution in [0, 0.1) is 5.92 Å². The predicted molar refractivity (Wildman–Crippen MR) is 195 cm³/mol. The molecule has 0 radical (unpaired) electrons. The van der Waals surface area contributed by atoms with E-state index in [-0.39, 0.29) is 19.4 Å². The van der Waals surface area contributed by atoms with Crippen molar-refractivity contribution >= 4 is 61.3 Å². The minimum atomic E-state index is -3.92. The Kier molecular flexibility index (Phi) is 11.2. The average molecular weight is 742 g/mol. The normalized spacial score (nSPS) is 17.8. The fraction of sp³-hybridized carbons (Fsp3) is 0.289. The van der Waals surface area contributed by atoms with Gasteiger partial charge in [-0.3, -0.25) is 14.4 Å². The summed E-state index contributed by atoms with van der Waals surface area (Å²) in [6.45, 7) is -0.0597. The van der Waals surface area contributed by atoms with E-state index in [1.165, 1.54) is 7.11 Å². The number of ketones is 1. The van der Waals surface area contributed by atoms with Crippen molar-refractivity contribution in [2.24, 2.45) is 5.92 Å². The molecule has 14 nitrogen and oxygen atoms in total. The molecule has 0 bridgehead atoms. The van der Waals surface area contributed by atoms with Gasteiger partial charge in [0.15, 0.2) is 15.6 Å². The predicted octanol–water partition coefficient (Wildman–Crippen LogP) is 2.88. The number of ether oxygens (including phenoxy) is 2. The Bertz CT molecular complexity index is 2250. The van der Waals surface area contributed by atoms with E-state index in [2.05, 4.69) is 25.9 Å². The van der Waals surface area contributed by atoms with E-state index in [9.17, 15) is 32.4 Å². The number of aromatic nitrogens is 2. The molecule has 5 aromatic rings. The number of amides is 3. The van der Waals surface area contributed by atoms with Gasteiger partial charge in [0.2, 0.25) is 11.8 Å². The molecule has 1 saturated heterocycles. The highest BCUT2D eigenvalue weighted by atomic mass is 32.2. The number of alkyl carbamates (subject to hydrolysis) is 1. The molecular formula is C38H39N5O9S. The molecule has 3 aromatic carbocycles. The largest absolute Gasteiger partial charge is 0.467 e. The molecule has 1 aliphatic rings. The molecule has 5 N–H and O–H groups in total. The Labute approximate surface area is 304 Å². The van der Waals surface area contributed by atoms with Crippen LogP contribution in [0.25, 0.3) is 21.8 Å². The fourth-order valence-corrected chi connectivity index (χ4v) is 8.38. The zero-order valence-corrected chi connectivity index (χ0v) is 29.6. The summed E-state index contributed by atoms with van der Waals surface area (Å²) < 4.78 is 36.4. The van der Waals surface area contributed by atoms with E-state index in [4.69, 9.17) is 9.47 Å². The molecule has 3 heterocycles. The highest BCUT2D eigenvalue weighted by Gasteiger charge is 2.42. The number of carbonyl (C=O) groups is 5. The Morgan fingerprint density at radius 3 is 2.00 bits per heavy atom. The minimum absolute atomic E-state index is 0.0128. The Morgan fingerprint density at radius 2 is 1.38 bits per heavy atom. The number of nitrogens with one attached hydrogen (secondary N) is 5. The van der Waals surface area contributed by atoms with Gasteiger partial charge in [0.1, 0.15) is 24.7 Å². The van der Waals surface area contributed by atoms with E-state index in [1.807, 2.05) is 54.6 Å². The molecule has 0 saturated carbocycles. The smallest absolute Gasteiger partial charge is 0.408 e. The standard InChI is InChI=1S/C38H39N5O9S/c1-51-37(47)32(16-25-19-40-30-14-8-6-12-28(25)30)41-34(44)17-26-21-53(49,50)22-33(35(26)45)42-36(46)31(15-24-18-39-29-13-7-5-11-27(24)29)43-38(48)52-20-23-9-3-2-4-10-23/h2-14,18-19,26,31-33,39-40H,15-17,20-22H2,1H3,(H,41,44)(H,42,46)(H,43,48)/t26-,31-,32-,33+/m0/s1. The number of sulfone groups is 1. The van der Waals surface area contributed by atoms with E-state index >= 15 is 0 Å². The van der Waals surface area contributed by atoms with Gasteiger partial charge in [0, 0.05) is 59.4 Å². The first-order chi connectivity index (χ1) is 25.5. The van der Waals surface area contributed by atoms with Crippen LogP contribution in [-0.4, -0.2) is 84.8 Å². The van der Waals surface area contributed by atoms with Crippen molar-refractivity contribution in [2.75, 3.05) is 18.6 Å². The average Bonchev–Trinajstić information content (AvgIpc) is 3.75. The SMILES string of the molecule is COC(=O)[C@H](Cc1c[nH]c2ccccc12)NC(=O)C[C@H]1CS(=O)(=O)C[C@@H](NC(=O)[C@H](Cc2c[nH]c3ccccc23)NC(=O)OCc2ccccc2)C1=O. The lowest BCUT2D eigenvalue weighted by Gasteiger charge is -2.30. The summed E-state index contributed by atoms with van der Waals surface area (Å²) in [5, 5.41) is 9.35. The van der Waals surface area contributed by atoms with Gasteiger partial charge in [-0.15, -0.1) is 0 Å². The summed E-state index contributed by atoms with van der Waals surface area (Å²) in [6.07, 6.45) is 2.05. The van der Waals surface area contributed by atoms with Gasteiger partial charge in [-0.05, 0) is 28.8 Å². The van der Waals surface area contributed by atoms with Crippen molar-refractivity contribution in [3.8, 4) is 0 Å². The maximum atomic E-state index is 13.8. The van der Waals surface area contributed by atoms with Gasteiger partial charge in [0.05, 0.1) is 18.6 Å². The van der Waals surface area contributed by atoms with Crippen LogP contribution in [-0.2, 0) is 57.9 Å². The van der Waals surface area contributed by atoms with Crippen LogP contribution in [0.5, 0.6) is 0 Å². The molecular weight excluding hydrogens is 703 g/mol. The van der Waals surface area contributed by atoms with Crippen molar-refractivity contribution in [1.29, 1.82) is 0 Å². The molecule has 0 aliphatic carbocycles. The number of rotatable bonds is 13. The molecule has 276 valence electrons.